The Kier molecular flexibility index (Phi) is 4.12. The molecule has 0 spiro atoms. The normalized spacial score (nSPS) is 13.6. The maximum atomic E-state index is 13.9. The second kappa shape index (κ2) is 7.14. The van der Waals surface area contributed by atoms with Gasteiger partial charge in [0.15, 0.2) is 11.6 Å². The van der Waals surface area contributed by atoms with Gasteiger partial charge < -0.3 is 0 Å². The lowest BCUT2D eigenvalue weighted by Crippen LogP contribution is -2.21. The highest BCUT2D eigenvalue weighted by Crippen LogP contribution is 2.41. The fraction of sp³-hybridized carbons (Fsp3) is 0. The van der Waals surface area contributed by atoms with Crippen molar-refractivity contribution < 1.29 is 9.59 Å². The topological polar surface area (TPSA) is 34.1 Å². The quantitative estimate of drug-likeness (QED) is 0.314. The molecule has 0 aromatic heterocycles. The zero-order valence-corrected chi connectivity index (χ0v) is 17.2. The van der Waals surface area contributed by atoms with Crippen LogP contribution in [0.25, 0.3) is 32.7 Å². The maximum Gasteiger partial charge on any atom is 0.195 e. The van der Waals surface area contributed by atoms with Gasteiger partial charge in [-0.1, -0.05) is 109 Å². The third kappa shape index (κ3) is 2.67. The van der Waals surface area contributed by atoms with Crippen molar-refractivity contribution in [2.24, 2.45) is 0 Å². The Morgan fingerprint density at radius 3 is 1.16 bits per heavy atom. The number of rotatable bonds is 2. The van der Waals surface area contributed by atoms with Crippen LogP contribution in [0.4, 0.5) is 0 Å². The molecule has 150 valence electrons. The van der Waals surface area contributed by atoms with Crippen molar-refractivity contribution in [3.8, 4) is 0 Å². The van der Waals surface area contributed by atoms with Crippen LogP contribution in [0.15, 0.2) is 109 Å². The van der Waals surface area contributed by atoms with Crippen molar-refractivity contribution in [3.05, 3.63) is 131 Å². The highest BCUT2D eigenvalue weighted by Gasteiger charge is 2.34. The summed E-state index contributed by atoms with van der Waals surface area (Å²) in [5.41, 5.74) is 3.45. The predicted octanol–water partition coefficient (Wildman–Crippen LogP) is 6.98. The van der Waals surface area contributed by atoms with Gasteiger partial charge in [0, 0.05) is 22.3 Å². The molecular formula is C30H18O2. The van der Waals surface area contributed by atoms with Gasteiger partial charge in [-0.2, -0.15) is 0 Å². The molecule has 0 unspecified atom stereocenters. The first kappa shape index (κ1) is 18.5. The summed E-state index contributed by atoms with van der Waals surface area (Å²) in [4.78, 5) is 27.8. The summed E-state index contributed by atoms with van der Waals surface area (Å²) in [7, 11) is 0. The molecule has 5 aromatic rings. The summed E-state index contributed by atoms with van der Waals surface area (Å²) in [5.74, 6) is -0.223. The highest BCUT2D eigenvalue weighted by molar-refractivity contribution is 6.53. The average molecular weight is 410 g/mol. The Hall–Kier alpha value is -4.30. The summed E-state index contributed by atoms with van der Waals surface area (Å²) in [5, 5.41) is 3.99. The molecule has 5 aromatic carbocycles. The number of allylic oxidation sites excluding steroid dienone is 2. The van der Waals surface area contributed by atoms with Gasteiger partial charge >= 0.3 is 0 Å². The Bertz CT molecular complexity index is 1470. The molecule has 0 atom stereocenters. The van der Waals surface area contributed by atoms with Gasteiger partial charge in [0.05, 0.1) is 0 Å². The molecule has 2 nitrogen and oxygen atoms in total. The highest BCUT2D eigenvalue weighted by atomic mass is 16.1. The monoisotopic (exact) mass is 410 g/mol. The minimum Gasteiger partial charge on any atom is -0.289 e. The molecule has 1 aliphatic rings. The van der Waals surface area contributed by atoms with E-state index in [1.807, 2.05) is 97.1 Å². The fourth-order valence-electron chi connectivity index (χ4n) is 4.78. The molecule has 1 aliphatic carbocycles. The average Bonchev–Trinajstić information content (AvgIpc) is 2.85. The van der Waals surface area contributed by atoms with E-state index in [0.717, 1.165) is 32.7 Å². The summed E-state index contributed by atoms with van der Waals surface area (Å²) in [6.45, 7) is 0. The van der Waals surface area contributed by atoms with Crippen LogP contribution >= 0.6 is 0 Å². The maximum absolute atomic E-state index is 13.9. The van der Waals surface area contributed by atoms with E-state index in [1.54, 1.807) is 12.1 Å². The van der Waals surface area contributed by atoms with Crippen molar-refractivity contribution in [2.75, 3.05) is 0 Å². The van der Waals surface area contributed by atoms with Gasteiger partial charge in [0.2, 0.25) is 0 Å². The lowest BCUT2D eigenvalue weighted by atomic mass is 9.77. The van der Waals surface area contributed by atoms with Gasteiger partial charge in [-0.15, -0.1) is 0 Å². The van der Waals surface area contributed by atoms with E-state index in [9.17, 15) is 9.59 Å². The fourth-order valence-corrected chi connectivity index (χ4v) is 4.78. The molecule has 0 saturated carbocycles. The smallest absolute Gasteiger partial charge is 0.195 e. The van der Waals surface area contributed by atoms with Crippen LogP contribution in [0.5, 0.6) is 0 Å². The number of hydrogen-bond acceptors (Lipinski definition) is 2. The van der Waals surface area contributed by atoms with Gasteiger partial charge in [0.25, 0.3) is 0 Å². The van der Waals surface area contributed by atoms with E-state index in [2.05, 4.69) is 0 Å². The Morgan fingerprint density at radius 2 is 0.688 bits per heavy atom. The van der Waals surface area contributed by atoms with Gasteiger partial charge in [-0.25, -0.2) is 0 Å². The Labute approximate surface area is 185 Å². The van der Waals surface area contributed by atoms with Crippen LogP contribution in [0.1, 0.15) is 31.8 Å². The van der Waals surface area contributed by atoms with E-state index in [0.29, 0.717) is 22.3 Å². The molecule has 2 heteroatoms. The molecule has 0 saturated heterocycles. The first-order chi connectivity index (χ1) is 15.7. The van der Waals surface area contributed by atoms with E-state index < -0.39 is 0 Å². The molecule has 0 fully saturated rings. The van der Waals surface area contributed by atoms with Crippen LogP contribution in [0.2, 0.25) is 0 Å². The number of Topliss-reactive ketones (excluding diaryl/α,β-unsaturated/α-hetero) is 2. The van der Waals surface area contributed by atoms with Crippen molar-refractivity contribution >= 4 is 44.3 Å². The number of hydrogen-bond donors (Lipinski definition) is 0. The number of ketones is 2. The summed E-state index contributed by atoms with van der Waals surface area (Å²) in [6.07, 6.45) is 0. The summed E-state index contributed by atoms with van der Waals surface area (Å²) in [6, 6.07) is 34.9. The number of carbonyl (C=O) groups is 2. The Balaban J connectivity index is 1.78. The minimum atomic E-state index is -0.112. The zero-order valence-electron chi connectivity index (χ0n) is 17.2. The van der Waals surface area contributed by atoms with E-state index in [1.165, 1.54) is 0 Å². The third-order valence-corrected chi connectivity index (χ3v) is 6.24. The first-order valence-electron chi connectivity index (χ1n) is 10.6. The van der Waals surface area contributed by atoms with Crippen LogP contribution in [0, 0.1) is 0 Å². The van der Waals surface area contributed by atoms with Crippen molar-refractivity contribution in [2.45, 2.75) is 0 Å². The molecule has 0 amide bonds. The lowest BCUT2D eigenvalue weighted by molar-refractivity contribution is 0.101. The number of fused-ring (bicyclic) bond motifs is 3. The molecule has 0 N–H and O–H groups in total. The first-order valence-corrected chi connectivity index (χ1v) is 10.6. The van der Waals surface area contributed by atoms with Crippen LogP contribution in [-0.4, -0.2) is 11.6 Å². The zero-order chi connectivity index (χ0) is 21.7. The second-order valence-corrected chi connectivity index (χ2v) is 8.01. The van der Waals surface area contributed by atoms with Crippen LogP contribution in [-0.2, 0) is 0 Å². The molecule has 0 aliphatic heterocycles. The van der Waals surface area contributed by atoms with Crippen molar-refractivity contribution in [1.29, 1.82) is 0 Å². The van der Waals surface area contributed by atoms with E-state index in [4.69, 9.17) is 0 Å². The van der Waals surface area contributed by atoms with Crippen LogP contribution in [0.3, 0.4) is 0 Å². The lowest BCUT2D eigenvalue weighted by Gasteiger charge is -2.23. The van der Waals surface area contributed by atoms with Gasteiger partial charge in [-0.3, -0.25) is 9.59 Å². The number of carbonyl (C=O) groups excluding carboxylic acids is 2. The van der Waals surface area contributed by atoms with Crippen molar-refractivity contribution in [1.82, 2.24) is 0 Å². The minimum absolute atomic E-state index is 0.112. The SMILES string of the molecule is O=C1C(c2cccc3ccccc23)=C(c2cccc3ccccc23)C(=O)c2ccccc21. The largest absolute Gasteiger partial charge is 0.289 e. The second-order valence-electron chi connectivity index (χ2n) is 8.01. The molecule has 0 radical (unpaired) electrons. The van der Waals surface area contributed by atoms with Crippen LogP contribution < -0.4 is 0 Å². The number of benzene rings is 5. The molecule has 0 bridgehead atoms. The predicted molar refractivity (Wildman–Crippen MR) is 130 cm³/mol. The molecule has 32 heavy (non-hydrogen) atoms. The van der Waals surface area contributed by atoms with Crippen molar-refractivity contribution in [3.63, 3.8) is 0 Å². The standard InChI is InChI=1S/C30H18O2/c31-29-25-15-5-6-16-26(25)30(32)28(24-18-8-12-20-10-2-4-14-22(20)24)27(29)23-17-7-11-19-9-1-3-13-21(19)23/h1-18H. The summed E-state index contributed by atoms with van der Waals surface area (Å²) < 4.78 is 0. The molecular weight excluding hydrogens is 392 g/mol. The molecule has 0 heterocycles. The van der Waals surface area contributed by atoms with E-state index in [-0.39, 0.29) is 11.6 Å². The Morgan fingerprint density at radius 1 is 0.344 bits per heavy atom. The summed E-state index contributed by atoms with van der Waals surface area (Å²) >= 11 is 0. The third-order valence-electron chi connectivity index (χ3n) is 6.24. The van der Waals surface area contributed by atoms with Gasteiger partial charge in [-0.05, 0) is 32.7 Å². The van der Waals surface area contributed by atoms with E-state index >= 15 is 0 Å². The molecule has 6 rings (SSSR count). The van der Waals surface area contributed by atoms with Gasteiger partial charge in [0.1, 0.15) is 0 Å².